The minimum absolute atomic E-state index is 0.0855. The first-order valence-corrected chi connectivity index (χ1v) is 11.5. The van der Waals surface area contributed by atoms with Crippen molar-refractivity contribution < 1.29 is 27.7 Å². The van der Waals surface area contributed by atoms with E-state index in [1.807, 2.05) is 0 Å². The van der Waals surface area contributed by atoms with Crippen LogP contribution in [0.1, 0.15) is 31.8 Å². The maximum Gasteiger partial charge on any atom is 0.269 e. The molecule has 0 unspecified atom stereocenters. The van der Waals surface area contributed by atoms with Crippen LogP contribution in [0, 0.1) is 10.1 Å². The molecule has 10 nitrogen and oxygen atoms in total. The lowest BCUT2D eigenvalue weighted by Crippen LogP contribution is -2.29. The van der Waals surface area contributed by atoms with Gasteiger partial charge in [-0.1, -0.05) is 30.3 Å². The third kappa shape index (κ3) is 4.38. The van der Waals surface area contributed by atoms with Gasteiger partial charge in [0.25, 0.3) is 17.5 Å². The van der Waals surface area contributed by atoms with Gasteiger partial charge in [-0.2, -0.15) is 0 Å². The second-order valence-corrected chi connectivity index (χ2v) is 9.21. The molecule has 1 heterocycles. The zero-order valence-electron chi connectivity index (χ0n) is 17.9. The molecule has 34 heavy (non-hydrogen) atoms. The monoisotopic (exact) mass is 481 g/mol. The van der Waals surface area contributed by atoms with E-state index in [9.17, 15) is 28.1 Å². The van der Waals surface area contributed by atoms with Crippen LogP contribution >= 0.6 is 0 Å². The van der Waals surface area contributed by atoms with Crippen molar-refractivity contribution in [3.8, 4) is 5.75 Å². The van der Waals surface area contributed by atoms with Gasteiger partial charge in [-0.3, -0.25) is 24.6 Å². The molecule has 11 heteroatoms. The highest BCUT2D eigenvalue weighted by Crippen LogP contribution is 2.28. The van der Waals surface area contributed by atoms with Gasteiger partial charge in [-0.15, -0.1) is 0 Å². The van der Waals surface area contributed by atoms with Crippen LogP contribution in [-0.2, 0) is 23.1 Å². The lowest BCUT2D eigenvalue weighted by atomic mass is 10.1. The predicted octanol–water partition coefficient (Wildman–Crippen LogP) is 2.88. The SMILES string of the molecule is COc1ccc(CN2C(=O)c3ccccc3C2=O)cc1S(=O)(=O)NCc1ccc([N+](=O)[O-])cc1. The van der Waals surface area contributed by atoms with Crippen molar-refractivity contribution in [1.82, 2.24) is 9.62 Å². The van der Waals surface area contributed by atoms with Gasteiger partial charge in [0.2, 0.25) is 10.0 Å². The summed E-state index contributed by atoms with van der Waals surface area (Å²) in [6, 6.07) is 16.3. The van der Waals surface area contributed by atoms with Gasteiger partial charge in [-0.05, 0) is 35.4 Å². The highest BCUT2D eigenvalue weighted by Gasteiger charge is 2.35. The van der Waals surface area contributed by atoms with E-state index in [0.717, 1.165) is 4.90 Å². The number of nitrogens with one attached hydrogen (secondary N) is 1. The Labute approximate surface area is 195 Å². The number of amides is 2. The van der Waals surface area contributed by atoms with E-state index < -0.39 is 26.8 Å². The number of non-ortho nitro benzene ring substituents is 1. The summed E-state index contributed by atoms with van der Waals surface area (Å²) in [7, 11) is -2.73. The molecule has 174 valence electrons. The Hall–Kier alpha value is -4.09. The van der Waals surface area contributed by atoms with Gasteiger partial charge in [0.15, 0.2) is 0 Å². The summed E-state index contributed by atoms with van der Waals surface area (Å²) in [5.41, 5.74) is 1.45. The number of ether oxygens (including phenoxy) is 1. The molecule has 1 aliphatic heterocycles. The lowest BCUT2D eigenvalue weighted by Gasteiger charge is -2.16. The highest BCUT2D eigenvalue weighted by atomic mass is 32.2. The number of hydrogen-bond donors (Lipinski definition) is 1. The second kappa shape index (κ2) is 9.04. The minimum atomic E-state index is -4.06. The molecule has 0 aliphatic carbocycles. The summed E-state index contributed by atoms with van der Waals surface area (Å²) in [6.45, 7) is -0.215. The fourth-order valence-corrected chi connectivity index (χ4v) is 4.82. The number of imide groups is 1. The molecule has 2 amide bonds. The largest absolute Gasteiger partial charge is 0.495 e. The molecule has 0 spiro atoms. The Morgan fingerprint density at radius 3 is 2.09 bits per heavy atom. The van der Waals surface area contributed by atoms with Crippen LogP contribution < -0.4 is 9.46 Å². The van der Waals surface area contributed by atoms with Crippen LogP contribution in [0.5, 0.6) is 5.75 Å². The fraction of sp³-hybridized carbons (Fsp3) is 0.130. The van der Waals surface area contributed by atoms with E-state index in [0.29, 0.717) is 22.3 Å². The number of sulfonamides is 1. The molecule has 0 radical (unpaired) electrons. The van der Waals surface area contributed by atoms with Crippen molar-refractivity contribution in [2.75, 3.05) is 7.11 Å². The van der Waals surface area contributed by atoms with E-state index in [4.69, 9.17) is 4.74 Å². The molecule has 0 atom stereocenters. The molecule has 1 N–H and O–H groups in total. The first-order chi connectivity index (χ1) is 16.2. The highest BCUT2D eigenvalue weighted by molar-refractivity contribution is 7.89. The van der Waals surface area contributed by atoms with Crippen LogP contribution in [0.4, 0.5) is 5.69 Å². The zero-order valence-corrected chi connectivity index (χ0v) is 18.7. The first kappa shape index (κ1) is 23.1. The van der Waals surface area contributed by atoms with Gasteiger partial charge in [-0.25, -0.2) is 13.1 Å². The Morgan fingerprint density at radius 1 is 0.941 bits per heavy atom. The summed E-state index contributed by atoms with van der Waals surface area (Å²) in [5.74, 6) is -0.809. The molecular weight excluding hydrogens is 462 g/mol. The van der Waals surface area contributed by atoms with Crippen LogP contribution in [0.15, 0.2) is 71.6 Å². The maximum atomic E-state index is 13.0. The number of carbonyl (C=O) groups excluding carboxylic acids is 2. The van der Waals surface area contributed by atoms with Crippen LogP contribution in [0.25, 0.3) is 0 Å². The quantitative estimate of drug-likeness (QED) is 0.297. The van der Waals surface area contributed by atoms with Crippen molar-refractivity contribution in [3.05, 3.63) is 99.1 Å². The third-order valence-corrected chi connectivity index (χ3v) is 6.77. The zero-order chi connectivity index (χ0) is 24.5. The summed E-state index contributed by atoms with van der Waals surface area (Å²) < 4.78 is 33.7. The number of carbonyl (C=O) groups is 2. The van der Waals surface area contributed by atoms with E-state index in [1.54, 1.807) is 30.3 Å². The van der Waals surface area contributed by atoms with E-state index >= 15 is 0 Å². The van der Waals surface area contributed by atoms with Crippen molar-refractivity contribution >= 4 is 27.5 Å². The molecule has 3 aromatic rings. The van der Waals surface area contributed by atoms with Crippen LogP contribution in [0.3, 0.4) is 0 Å². The minimum Gasteiger partial charge on any atom is -0.495 e. The number of nitrogens with zero attached hydrogens (tertiary/aromatic N) is 2. The number of fused-ring (bicyclic) bond motifs is 1. The number of benzene rings is 3. The Bertz CT molecular complexity index is 1370. The molecule has 3 aromatic carbocycles. The molecule has 1 aliphatic rings. The summed E-state index contributed by atoms with van der Waals surface area (Å²) in [5, 5.41) is 10.8. The summed E-state index contributed by atoms with van der Waals surface area (Å²) >= 11 is 0. The molecule has 4 rings (SSSR count). The van der Waals surface area contributed by atoms with Gasteiger partial charge in [0.1, 0.15) is 10.6 Å². The number of nitro groups is 1. The van der Waals surface area contributed by atoms with E-state index in [1.165, 1.54) is 43.5 Å². The van der Waals surface area contributed by atoms with Crippen molar-refractivity contribution in [2.24, 2.45) is 0 Å². The smallest absolute Gasteiger partial charge is 0.269 e. The number of methoxy groups -OCH3 is 1. The topological polar surface area (TPSA) is 136 Å². The number of nitro benzene ring substituents is 1. The predicted molar refractivity (Wildman–Crippen MR) is 121 cm³/mol. The standard InChI is InChI=1S/C23H19N3O7S/c1-33-20-11-8-16(14-25-22(27)18-4-2-3-5-19(18)23(25)28)12-21(20)34(31,32)24-13-15-6-9-17(10-7-15)26(29)30/h2-12,24H,13-14H2,1H3. The van der Waals surface area contributed by atoms with Crippen molar-refractivity contribution in [3.63, 3.8) is 0 Å². The number of hydrogen-bond acceptors (Lipinski definition) is 7. The Morgan fingerprint density at radius 2 is 1.53 bits per heavy atom. The van der Waals surface area contributed by atoms with Crippen molar-refractivity contribution in [2.45, 2.75) is 18.0 Å². The molecule has 0 aromatic heterocycles. The average Bonchev–Trinajstić information content (AvgIpc) is 3.08. The normalized spacial score (nSPS) is 13.1. The summed E-state index contributed by atoms with van der Waals surface area (Å²) in [6.07, 6.45) is 0. The number of rotatable bonds is 8. The Balaban J connectivity index is 1.55. The van der Waals surface area contributed by atoms with Gasteiger partial charge in [0.05, 0.1) is 29.7 Å². The van der Waals surface area contributed by atoms with E-state index in [-0.39, 0.29) is 29.4 Å². The fourth-order valence-electron chi connectivity index (χ4n) is 3.59. The van der Waals surface area contributed by atoms with Gasteiger partial charge < -0.3 is 4.74 Å². The lowest BCUT2D eigenvalue weighted by molar-refractivity contribution is -0.384. The molecule has 0 fully saturated rings. The molecule has 0 bridgehead atoms. The third-order valence-electron chi connectivity index (χ3n) is 5.35. The van der Waals surface area contributed by atoms with E-state index in [2.05, 4.69) is 4.72 Å². The molecule has 0 saturated heterocycles. The maximum absolute atomic E-state index is 13.0. The van der Waals surface area contributed by atoms with Gasteiger partial charge >= 0.3 is 0 Å². The Kier molecular flexibility index (Phi) is 6.14. The molecular formula is C23H19N3O7S. The van der Waals surface area contributed by atoms with Gasteiger partial charge in [0, 0.05) is 18.7 Å². The molecule has 0 saturated carbocycles. The summed E-state index contributed by atoms with van der Waals surface area (Å²) in [4.78, 5) is 36.4. The van der Waals surface area contributed by atoms with Crippen LogP contribution in [0.2, 0.25) is 0 Å². The van der Waals surface area contributed by atoms with Crippen molar-refractivity contribution in [1.29, 1.82) is 0 Å². The second-order valence-electron chi connectivity index (χ2n) is 7.48. The first-order valence-electron chi connectivity index (χ1n) is 10.1. The average molecular weight is 481 g/mol. The van der Waals surface area contributed by atoms with Crippen LogP contribution in [-0.4, -0.2) is 37.2 Å².